The first-order valence-electron chi connectivity index (χ1n) is 12.2. The number of allylic oxidation sites excluding steroid dienone is 5. The molecule has 2 heterocycles. The lowest BCUT2D eigenvalue weighted by molar-refractivity contribution is 0.520. The predicted octanol–water partition coefficient (Wildman–Crippen LogP) is 7.11. The first-order valence-corrected chi connectivity index (χ1v) is 12.5. The zero-order chi connectivity index (χ0) is 24.6. The van der Waals surface area contributed by atoms with Crippen LogP contribution in [0.25, 0.3) is 5.57 Å². The molecule has 0 atom stereocenters. The standard InChI is InChI=1S/C23H27ClFN3.C5H11N/c1-4-8-20(27-15-18-10-7-11-19(25)13-18)12-6-9-17(3)21-14-23(26-5-2)28-16-22(21)24;1-2-4-6-5-3-1/h6-14,16,27H,4-5,15H2,1-3H3,(H,26,28);6H,1-5H2/b12-6-,17-9+,20-8-;. The fourth-order valence-electron chi connectivity index (χ4n) is 3.48. The van der Waals surface area contributed by atoms with E-state index in [1.54, 1.807) is 12.3 Å². The van der Waals surface area contributed by atoms with E-state index in [0.717, 1.165) is 41.2 Å². The van der Waals surface area contributed by atoms with Gasteiger partial charge in [0.1, 0.15) is 11.6 Å². The number of anilines is 1. The highest BCUT2D eigenvalue weighted by Gasteiger charge is 2.04. The molecule has 1 fully saturated rings. The molecule has 1 aliphatic rings. The summed E-state index contributed by atoms with van der Waals surface area (Å²) in [6.45, 7) is 10.0. The van der Waals surface area contributed by atoms with Crippen LogP contribution in [0.2, 0.25) is 5.02 Å². The maximum absolute atomic E-state index is 13.3. The second kappa shape index (κ2) is 16.1. The summed E-state index contributed by atoms with van der Waals surface area (Å²) in [6.07, 6.45) is 14.9. The molecule has 34 heavy (non-hydrogen) atoms. The van der Waals surface area contributed by atoms with Gasteiger partial charge in [-0.3, -0.25) is 0 Å². The van der Waals surface area contributed by atoms with E-state index in [4.69, 9.17) is 11.6 Å². The van der Waals surface area contributed by atoms with Crippen LogP contribution >= 0.6 is 11.6 Å². The molecule has 6 heteroatoms. The second-order valence-corrected chi connectivity index (χ2v) is 8.56. The van der Waals surface area contributed by atoms with Crippen molar-refractivity contribution in [2.75, 3.05) is 25.0 Å². The van der Waals surface area contributed by atoms with Crippen LogP contribution in [0, 0.1) is 5.82 Å². The molecule has 0 bridgehead atoms. The Balaban J connectivity index is 0.000000589. The van der Waals surface area contributed by atoms with Crippen LogP contribution in [0.1, 0.15) is 57.6 Å². The summed E-state index contributed by atoms with van der Waals surface area (Å²) in [6, 6.07) is 8.57. The number of hydrogen-bond donors (Lipinski definition) is 3. The third-order valence-electron chi connectivity index (χ3n) is 5.28. The molecule has 0 unspecified atom stereocenters. The van der Waals surface area contributed by atoms with Crippen LogP contribution in [0.5, 0.6) is 0 Å². The molecule has 3 rings (SSSR count). The average molecular weight is 485 g/mol. The van der Waals surface area contributed by atoms with Crippen LogP contribution in [0.4, 0.5) is 10.2 Å². The number of hydrogen-bond acceptors (Lipinski definition) is 4. The van der Waals surface area contributed by atoms with Crippen LogP contribution in [-0.2, 0) is 6.54 Å². The molecule has 1 aromatic carbocycles. The smallest absolute Gasteiger partial charge is 0.126 e. The summed E-state index contributed by atoms with van der Waals surface area (Å²) in [7, 11) is 0. The van der Waals surface area contributed by atoms with Gasteiger partial charge in [-0.25, -0.2) is 9.37 Å². The zero-order valence-electron chi connectivity index (χ0n) is 20.6. The largest absolute Gasteiger partial charge is 0.381 e. The number of rotatable bonds is 9. The van der Waals surface area contributed by atoms with E-state index in [2.05, 4.69) is 33.9 Å². The highest BCUT2D eigenvalue weighted by Crippen LogP contribution is 2.25. The number of halogens is 2. The minimum Gasteiger partial charge on any atom is -0.381 e. The van der Waals surface area contributed by atoms with Gasteiger partial charge in [-0.15, -0.1) is 0 Å². The molecule has 2 aromatic rings. The molecule has 0 spiro atoms. The summed E-state index contributed by atoms with van der Waals surface area (Å²) >= 11 is 6.30. The fraction of sp³-hybridized carbons (Fsp3) is 0.393. The van der Waals surface area contributed by atoms with Gasteiger partial charge < -0.3 is 16.0 Å². The number of nitrogens with zero attached hydrogens (tertiary/aromatic N) is 1. The van der Waals surface area contributed by atoms with Gasteiger partial charge in [0.15, 0.2) is 0 Å². The number of piperidine rings is 1. The van der Waals surface area contributed by atoms with Gasteiger partial charge in [-0.1, -0.05) is 55.3 Å². The Bertz CT molecular complexity index is 953. The Kier molecular flexibility index (Phi) is 13.1. The predicted molar refractivity (Wildman–Crippen MR) is 145 cm³/mol. The molecule has 1 aromatic heterocycles. The lowest BCUT2D eigenvalue weighted by Crippen LogP contribution is -2.21. The molecule has 184 valence electrons. The number of aromatic nitrogens is 1. The maximum Gasteiger partial charge on any atom is 0.126 e. The third kappa shape index (κ3) is 10.5. The Hall–Kier alpha value is -2.63. The van der Waals surface area contributed by atoms with Gasteiger partial charge in [0.2, 0.25) is 0 Å². The lowest BCUT2D eigenvalue weighted by atomic mass is 10.1. The minimum absolute atomic E-state index is 0.222. The van der Waals surface area contributed by atoms with E-state index in [9.17, 15) is 4.39 Å². The van der Waals surface area contributed by atoms with Crippen molar-refractivity contribution in [3.8, 4) is 0 Å². The third-order valence-corrected chi connectivity index (χ3v) is 5.58. The fourth-order valence-corrected chi connectivity index (χ4v) is 3.73. The van der Waals surface area contributed by atoms with Crippen molar-refractivity contribution in [2.45, 2.75) is 53.0 Å². The highest BCUT2D eigenvalue weighted by atomic mass is 35.5. The van der Waals surface area contributed by atoms with E-state index in [-0.39, 0.29) is 5.82 Å². The van der Waals surface area contributed by atoms with Crippen molar-refractivity contribution in [1.82, 2.24) is 15.6 Å². The van der Waals surface area contributed by atoms with E-state index in [0.29, 0.717) is 11.6 Å². The molecule has 1 aliphatic heterocycles. The zero-order valence-corrected chi connectivity index (χ0v) is 21.4. The van der Waals surface area contributed by atoms with E-state index < -0.39 is 0 Å². The van der Waals surface area contributed by atoms with Crippen LogP contribution in [-0.4, -0.2) is 24.6 Å². The molecule has 3 N–H and O–H groups in total. The van der Waals surface area contributed by atoms with E-state index in [1.165, 1.54) is 44.5 Å². The molecule has 0 saturated carbocycles. The average Bonchev–Trinajstić information content (AvgIpc) is 2.85. The number of benzene rings is 1. The molecule has 1 saturated heterocycles. The van der Waals surface area contributed by atoms with E-state index in [1.807, 2.05) is 44.2 Å². The molecule has 0 radical (unpaired) electrons. The summed E-state index contributed by atoms with van der Waals surface area (Å²) in [5, 5.41) is 10.5. The van der Waals surface area contributed by atoms with Gasteiger partial charge in [-0.2, -0.15) is 0 Å². The lowest BCUT2D eigenvalue weighted by Gasteiger charge is -2.09. The second-order valence-electron chi connectivity index (χ2n) is 8.15. The normalized spacial score (nSPS) is 14.5. The van der Waals surface area contributed by atoms with Crippen LogP contribution in [0.3, 0.4) is 0 Å². The van der Waals surface area contributed by atoms with Crippen molar-refractivity contribution in [3.05, 3.63) is 88.5 Å². The van der Waals surface area contributed by atoms with Gasteiger partial charge in [0.05, 0.1) is 5.02 Å². The Morgan fingerprint density at radius 1 is 1.18 bits per heavy atom. The van der Waals surface area contributed by atoms with Crippen molar-refractivity contribution < 1.29 is 4.39 Å². The number of nitrogens with one attached hydrogen (secondary N) is 3. The Morgan fingerprint density at radius 3 is 2.59 bits per heavy atom. The quantitative estimate of drug-likeness (QED) is 0.332. The van der Waals surface area contributed by atoms with Gasteiger partial charge >= 0.3 is 0 Å². The van der Waals surface area contributed by atoms with Crippen molar-refractivity contribution in [3.63, 3.8) is 0 Å². The first-order chi connectivity index (χ1) is 16.5. The van der Waals surface area contributed by atoms with E-state index >= 15 is 0 Å². The molecular formula is C28H38ClFN4. The van der Waals surface area contributed by atoms with Gasteiger partial charge in [0.25, 0.3) is 0 Å². The van der Waals surface area contributed by atoms with Crippen molar-refractivity contribution >= 4 is 23.0 Å². The summed E-state index contributed by atoms with van der Waals surface area (Å²) in [4.78, 5) is 4.27. The van der Waals surface area contributed by atoms with Crippen molar-refractivity contribution in [2.24, 2.45) is 0 Å². The summed E-state index contributed by atoms with van der Waals surface area (Å²) in [5.74, 6) is 0.586. The van der Waals surface area contributed by atoms with Crippen LogP contribution < -0.4 is 16.0 Å². The maximum atomic E-state index is 13.3. The molecule has 4 nitrogen and oxygen atoms in total. The topological polar surface area (TPSA) is 49.0 Å². The SMILES string of the molecule is C1CCNCC1.CC/C=C(/C=C\C=C(/C)c1cc(NCC)ncc1Cl)NCc1cccc(F)c1. The number of pyridine rings is 1. The Morgan fingerprint density at radius 2 is 1.97 bits per heavy atom. The minimum atomic E-state index is -0.222. The Labute approximate surface area is 209 Å². The van der Waals surface area contributed by atoms with Gasteiger partial charge in [0, 0.05) is 30.5 Å². The molecule has 0 amide bonds. The first kappa shape index (κ1) is 27.6. The van der Waals surface area contributed by atoms with Crippen molar-refractivity contribution in [1.29, 1.82) is 0 Å². The molecule has 0 aliphatic carbocycles. The monoisotopic (exact) mass is 484 g/mol. The van der Waals surface area contributed by atoms with Crippen LogP contribution in [0.15, 0.2) is 66.5 Å². The summed E-state index contributed by atoms with van der Waals surface area (Å²) in [5.41, 5.74) is 3.89. The summed E-state index contributed by atoms with van der Waals surface area (Å²) < 4.78 is 13.3. The molecular weight excluding hydrogens is 447 g/mol. The highest BCUT2D eigenvalue weighted by molar-refractivity contribution is 6.32. The van der Waals surface area contributed by atoms with Gasteiger partial charge in [-0.05, 0) is 81.6 Å².